The van der Waals surface area contributed by atoms with Crippen LogP contribution in [-0.2, 0) is 6.54 Å². The van der Waals surface area contributed by atoms with Crippen molar-refractivity contribution in [1.29, 1.82) is 0 Å². The van der Waals surface area contributed by atoms with Crippen molar-refractivity contribution in [3.63, 3.8) is 0 Å². The average Bonchev–Trinajstić information content (AvgIpc) is 2.63. The topological polar surface area (TPSA) is 43.9 Å². The molecule has 2 rings (SSSR count). The molecule has 2 heterocycles. The fourth-order valence-corrected chi connectivity index (χ4v) is 1.03. The standard InChI is InChI=1S/C8H9N3O/c1-7-9-10-8(12-7)6-11-4-2-3-5-11/h2-5H,6H2,1H3. The van der Waals surface area contributed by atoms with E-state index in [1.165, 1.54) is 0 Å². The Labute approximate surface area is 69.8 Å². The Kier molecular flexibility index (Phi) is 1.66. The first-order valence-corrected chi connectivity index (χ1v) is 3.74. The van der Waals surface area contributed by atoms with Crippen LogP contribution in [-0.4, -0.2) is 14.8 Å². The first kappa shape index (κ1) is 7.09. The van der Waals surface area contributed by atoms with Crippen LogP contribution in [0.15, 0.2) is 28.9 Å². The number of hydrogen-bond donors (Lipinski definition) is 0. The van der Waals surface area contributed by atoms with Crippen LogP contribution in [0.4, 0.5) is 0 Å². The van der Waals surface area contributed by atoms with Crippen molar-refractivity contribution in [3.05, 3.63) is 36.3 Å². The normalized spacial score (nSPS) is 10.4. The summed E-state index contributed by atoms with van der Waals surface area (Å²) in [5, 5.41) is 7.62. The van der Waals surface area contributed by atoms with Gasteiger partial charge in [0.15, 0.2) is 0 Å². The lowest BCUT2D eigenvalue weighted by molar-refractivity contribution is 0.455. The first-order chi connectivity index (χ1) is 5.84. The lowest BCUT2D eigenvalue weighted by Gasteiger charge is -1.94. The molecule has 0 aliphatic rings. The molecule has 0 spiro atoms. The Morgan fingerprint density at radius 2 is 2.08 bits per heavy atom. The predicted molar refractivity (Wildman–Crippen MR) is 42.6 cm³/mol. The van der Waals surface area contributed by atoms with Crippen LogP contribution in [0.25, 0.3) is 0 Å². The maximum Gasteiger partial charge on any atom is 0.236 e. The second-order valence-electron chi connectivity index (χ2n) is 2.57. The maximum atomic E-state index is 5.21. The third kappa shape index (κ3) is 1.37. The number of hydrogen-bond acceptors (Lipinski definition) is 3. The highest BCUT2D eigenvalue weighted by atomic mass is 16.4. The molecule has 62 valence electrons. The monoisotopic (exact) mass is 163 g/mol. The van der Waals surface area contributed by atoms with Gasteiger partial charge in [-0.2, -0.15) is 0 Å². The Bertz CT molecular complexity index is 350. The van der Waals surface area contributed by atoms with Gasteiger partial charge in [0.1, 0.15) is 6.54 Å². The van der Waals surface area contributed by atoms with E-state index in [1.54, 1.807) is 6.92 Å². The molecule has 0 bridgehead atoms. The second kappa shape index (κ2) is 2.81. The van der Waals surface area contributed by atoms with E-state index in [2.05, 4.69) is 10.2 Å². The summed E-state index contributed by atoms with van der Waals surface area (Å²) >= 11 is 0. The quantitative estimate of drug-likeness (QED) is 0.668. The highest BCUT2D eigenvalue weighted by molar-refractivity contribution is 4.93. The van der Waals surface area contributed by atoms with Crippen molar-refractivity contribution in [2.24, 2.45) is 0 Å². The van der Waals surface area contributed by atoms with Crippen LogP contribution in [0, 0.1) is 6.92 Å². The summed E-state index contributed by atoms with van der Waals surface area (Å²) in [6, 6.07) is 3.92. The van der Waals surface area contributed by atoms with Gasteiger partial charge >= 0.3 is 0 Å². The summed E-state index contributed by atoms with van der Waals surface area (Å²) in [5.74, 6) is 1.25. The lowest BCUT2D eigenvalue weighted by atomic mass is 10.6. The van der Waals surface area contributed by atoms with E-state index in [0.717, 1.165) is 0 Å². The van der Waals surface area contributed by atoms with Gasteiger partial charge in [0.25, 0.3) is 0 Å². The zero-order valence-electron chi connectivity index (χ0n) is 6.77. The minimum absolute atomic E-state index is 0.608. The fraction of sp³-hybridized carbons (Fsp3) is 0.250. The Morgan fingerprint density at radius 1 is 1.33 bits per heavy atom. The minimum atomic E-state index is 0.608. The van der Waals surface area contributed by atoms with Crippen molar-refractivity contribution in [3.8, 4) is 0 Å². The first-order valence-electron chi connectivity index (χ1n) is 3.74. The molecule has 0 atom stereocenters. The molecule has 0 saturated carbocycles. The van der Waals surface area contributed by atoms with E-state index in [-0.39, 0.29) is 0 Å². The maximum absolute atomic E-state index is 5.21. The highest BCUT2D eigenvalue weighted by Gasteiger charge is 2.00. The van der Waals surface area contributed by atoms with E-state index >= 15 is 0 Å². The molecule has 2 aromatic rings. The Hall–Kier alpha value is -1.58. The zero-order valence-corrected chi connectivity index (χ0v) is 6.77. The summed E-state index contributed by atoms with van der Waals surface area (Å²) in [7, 11) is 0. The zero-order chi connectivity index (χ0) is 8.39. The molecule has 0 radical (unpaired) electrons. The van der Waals surface area contributed by atoms with E-state index in [0.29, 0.717) is 18.3 Å². The molecular weight excluding hydrogens is 154 g/mol. The molecule has 0 fully saturated rings. The molecular formula is C8H9N3O. The molecule has 4 heteroatoms. The van der Waals surface area contributed by atoms with Crippen molar-refractivity contribution >= 4 is 0 Å². The molecule has 0 unspecified atom stereocenters. The molecule has 2 aromatic heterocycles. The summed E-state index contributed by atoms with van der Waals surface area (Å²) in [5.41, 5.74) is 0. The average molecular weight is 163 g/mol. The summed E-state index contributed by atoms with van der Waals surface area (Å²) in [4.78, 5) is 0. The SMILES string of the molecule is Cc1nnc(Cn2cccc2)o1. The van der Waals surface area contributed by atoms with Crippen molar-refractivity contribution < 1.29 is 4.42 Å². The number of nitrogens with zero attached hydrogens (tertiary/aromatic N) is 3. The smallest absolute Gasteiger partial charge is 0.236 e. The number of aromatic nitrogens is 3. The lowest BCUT2D eigenvalue weighted by Crippen LogP contribution is -1.95. The third-order valence-electron chi connectivity index (χ3n) is 1.55. The number of rotatable bonds is 2. The summed E-state index contributed by atoms with van der Waals surface area (Å²) in [6.45, 7) is 2.43. The van der Waals surface area contributed by atoms with Crippen molar-refractivity contribution in [2.45, 2.75) is 13.5 Å². The van der Waals surface area contributed by atoms with E-state index in [1.807, 2.05) is 29.1 Å². The molecule has 4 nitrogen and oxygen atoms in total. The van der Waals surface area contributed by atoms with Crippen LogP contribution in [0.3, 0.4) is 0 Å². The Morgan fingerprint density at radius 3 is 2.67 bits per heavy atom. The third-order valence-corrected chi connectivity index (χ3v) is 1.55. The number of aryl methyl sites for hydroxylation is 1. The largest absolute Gasteiger partial charge is 0.424 e. The summed E-state index contributed by atoms with van der Waals surface area (Å²) in [6.07, 6.45) is 3.92. The predicted octanol–water partition coefficient (Wildman–Crippen LogP) is 1.23. The fourth-order valence-electron chi connectivity index (χ4n) is 1.03. The van der Waals surface area contributed by atoms with Gasteiger partial charge in [-0.25, -0.2) is 0 Å². The van der Waals surface area contributed by atoms with Crippen molar-refractivity contribution in [2.75, 3.05) is 0 Å². The van der Waals surface area contributed by atoms with Gasteiger partial charge in [-0.1, -0.05) is 0 Å². The summed E-state index contributed by atoms with van der Waals surface area (Å²) < 4.78 is 7.19. The van der Waals surface area contributed by atoms with Gasteiger partial charge in [0, 0.05) is 19.3 Å². The van der Waals surface area contributed by atoms with Crippen LogP contribution in [0.2, 0.25) is 0 Å². The van der Waals surface area contributed by atoms with E-state index in [4.69, 9.17) is 4.42 Å². The van der Waals surface area contributed by atoms with E-state index < -0.39 is 0 Å². The van der Waals surface area contributed by atoms with Gasteiger partial charge < -0.3 is 8.98 Å². The van der Waals surface area contributed by atoms with E-state index in [9.17, 15) is 0 Å². The van der Waals surface area contributed by atoms with Crippen LogP contribution < -0.4 is 0 Å². The van der Waals surface area contributed by atoms with Crippen LogP contribution in [0.1, 0.15) is 11.8 Å². The molecule has 0 saturated heterocycles. The van der Waals surface area contributed by atoms with Gasteiger partial charge in [0.05, 0.1) is 0 Å². The van der Waals surface area contributed by atoms with Crippen molar-refractivity contribution in [1.82, 2.24) is 14.8 Å². The van der Waals surface area contributed by atoms with Gasteiger partial charge in [0.2, 0.25) is 11.8 Å². The van der Waals surface area contributed by atoms with Crippen LogP contribution in [0.5, 0.6) is 0 Å². The molecule has 0 N–H and O–H groups in total. The molecule has 0 aromatic carbocycles. The molecule has 12 heavy (non-hydrogen) atoms. The second-order valence-corrected chi connectivity index (χ2v) is 2.57. The van der Waals surface area contributed by atoms with Crippen LogP contribution >= 0.6 is 0 Å². The molecule has 0 aliphatic carbocycles. The molecule has 0 amide bonds. The van der Waals surface area contributed by atoms with Gasteiger partial charge in [-0.05, 0) is 12.1 Å². The minimum Gasteiger partial charge on any atom is -0.424 e. The Balaban J connectivity index is 2.14. The van der Waals surface area contributed by atoms with Gasteiger partial charge in [-0.15, -0.1) is 10.2 Å². The van der Waals surface area contributed by atoms with Gasteiger partial charge in [-0.3, -0.25) is 0 Å². The molecule has 0 aliphatic heterocycles. The highest BCUT2D eigenvalue weighted by Crippen LogP contribution is 2.01.